The van der Waals surface area contributed by atoms with Crippen LogP contribution in [0.3, 0.4) is 0 Å². The van der Waals surface area contributed by atoms with Gasteiger partial charge in [-0.25, -0.2) is 0 Å². The molecule has 0 radical (unpaired) electrons. The maximum absolute atomic E-state index is 11.5. The summed E-state index contributed by atoms with van der Waals surface area (Å²) < 4.78 is 0. The van der Waals surface area contributed by atoms with Gasteiger partial charge in [-0.15, -0.1) is 12.4 Å². The molecule has 1 heterocycles. The number of hydrogen-bond acceptors (Lipinski definition) is 4. The van der Waals surface area contributed by atoms with Crippen molar-refractivity contribution in [3.63, 3.8) is 0 Å². The molecular formula is C14H21BClNO4. The van der Waals surface area contributed by atoms with E-state index in [0.717, 1.165) is 30.6 Å². The van der Waals surface area contributed by atoms with Crippen LogP contribution in [0.15, 0.2) is 18.2 Å². The smallest absolute Gasteiger partial charge is 0.481 e. The highest BCUT2D eigenvalue weighted by Crippen LogP contribution is 2.23. The van der Waals surface area contributed by atoms with E-state index < -0.39 is 19.0 Å². The lowest BCUT2D eigenvalue weighted by molar-refractivity contribution is -0.143. The molecule has 1 aliphatic heterocycles. The average Bonchev–Trinajstić information content (AvgIpc) is 2.88. The molecule has 1 saturated heterocycles. The normalized spacial score (nSPS) is 18.9. The first-order chi connectivity index (χ1) is 9.47. The second-order valence-electron chi connectivity index (χ2n) is 5.53. The number of nitrogens with one attached hydrogen (secondary N) is 1. The van der Waals surface area contributed by atoms with Gasteiger partial charge in [-0.3, -0.25) is 4.79 Å². The van der Waals surface area contributed by atoms with Crippen LogP contribution in [0.2, 0.25) is 0 Å². The molecule has 1 aromatic rings. The van der Waals surface area contributed by atoms with Crippen LogP contribution in [0.25, 0.3) is 0 Å². The molecule has 2 rings (SSSR count). The second-order valence-corrected chi connectivity index (χ2v) is 5.53. The highest BCUT2D eigenvalue weighted by atomic mass is 35.5. The van der Waals surface area contributed by atoms with E-state index in [2.05, 4.69) is 5.32 Å². The number of hydrogen-bond donors (Lipinski definition) is 4. The number of carboxylic acid groups (broad SMARTS) is 1. The van der Waals surface area contributed by atoms with Gasteiger partial charge in [0.15, 0.2) is 0 Å². The van der Waals surface area contributed by atoms with E-state index in [1.54, 1.807) is 12.1 Å². The molecule has 0 bridgehead atoms. The van der Waals surface area contributed by atoms with Crippen molar-refractivity contribution in [1.29, 1.82) is 0 Å². The Hall–Kier alpha value is -1.08. The first-order valence-corrected chi connectivity index (χ1v) is 6.87. The summed E-state index contributed by atoms with van der Waals surface area (Å²) in [5.74, 6) is -1.09. The zero-order valence-electron chi connectivity index (χ0n) is 12.0. The third kappa shape index (κ3) is 4.71. The summed E-state index contributed by atoms with van der Waals surface area (Å²) in [6.45, 7) is 3.46. The number of carbonyl (C=O) groups is 1. The Balaban J connectivity index is 0.00000220. The molecule has 1 fully saturated rings. The van der Waals surface area contributed by atoms with Crippen LogP contribution < -0.4 is 10.8 Å². The average molecular weight is 314 g/mol. The van der Waals surface area contributed by atoms with Gasteiger partial charge in [0.2, 0.25) is 0 Å². The van der Waals surface area contributed by atoms with Crippen molar-refractivity contribution in [2.24, 2.45) is 11.8 Å². The molecule has 0 amide bonds. The lowest BCUT2D eigenvalue weighted by Crippen LogP contribution is -2.31. The van der Waals surface area contributed by atoms with Crippen LogP contribution in [0.1, 0.15) is 17.5 Å². The summed E-state index contributed by atoms with van der Waals surface area (Å²) in [4.78, 5) is 11.5. The molecule has 0 spiro atoms. The molecule has 1 aliphatic rings. The van der Waals surface area contributed by atoms with Gasteiger partial charge >= 0.3 is 13.1 Å². The van der Waals surface area contributed by atoms with Crippen LogP contribution >= 0.6 is 12.4 Å². The van der Waals surface area contributed by atoms with Crippen LogP contribution in [0, 0.1) is 18.8 Å². The van der Waals surface area contributed by atoms with E-state index in [9.17, 15) is 19.9 Å². The summed E-state index contributed by atoms with van der Waals surface area (Å²) in [6, 6.07) is 5.28. The van der Waals surface area contributed by atoms with Crippen LogP contribution in [-0.2, 0) is 11.2 Å². The Morgan fingerprint density at radius 3 is 2.67 bits per heavy atom. The summed E-state index contributed by atoms with van der Waals surface area (Å²) in [7, 11) is -1.52. The first kappa shape index (κ1) is 18.0. The largest absolute Gasteiger partial charge is 0.488 e. The third-order valence-electron chi connectivity index (χ3n) is 3.90. The van der Waals surface area contributed by atoms with Crippen LogP contribution in [-0.4, -0.2) is 41.3 Å². The zero-order chi connectivity index (χ0) is 14.7. The van der Waals surface area contributed by atoms with E-state index in [1.165, 1.54) is 0 Å². The summed E-state index contributed by atoms with van der Waals surface area (Å²) in [5.41, 5.74) is 2.15. The van der Waals surface area contributed by atoms with E-state index in [1.807, 2.05) is 13.0 Å². The van der Waals surface area contributed by atoms with Gasteiger partial charge in [0.05, 0.1) is 5.92 Å². The first-order valence-electron chi connectivity index (χ1n) is 6.87. The fraction of sp³-hybridized carbons (Fsp3) is 0.500. The Labute approximate surface area is 130 Å². The molecule has 1 aromatic carbocycles. The van der Waals surface area contributed by atoms with Gasteiger partial charge in [0, 0.05) is 0 Å². The SMILES string of the molecule is Cc1cc(C[C@H](C(=O)O)[C@H]2CCNC2)cc(B(O)O)c1.Cl. The Kier molecular flexibility index (Phi) is 6.67. The topological polar surface area (TPSA) is 89.8 Å². The molecule has 5 nitrogen and oxygen atoms in total. The second kappa shape index (κ2) is 7.80. The molecule has 116 valence electrons. The number of carboxylic acids is 1. The molecule has 0 unspecified atom stereocenters. The highest BCUT2D eigenvalue weighted by Gasteiger charge is 2.30. The minimum atomic E-state index is -1.52. The van der Waals surface area contributed by atoms with Gasteiger partial charge < -0.3 is 20.5 Å². The standard InChI is InChI=1S/C14H20BNO4.ClH/c1-9-4-10(6-12(5-9)15(19)20)7-13(14(17)18)11-2-3-16-8-11;/h4-6,11,13,16,19-20H,2-3,7-8H2,1H3,(H,17,18);1H/t11-,13-;/m0./s1. The molecule has 0 aromatic heterocycles. The van der Waals surface area contributed by atoms with Gasteiger partial charge in [0.1, 0.15) is 0 Å². The van der Waals surface area contributed by atoms with Crippen molar-refractivity contribution in [2.45, 2.75) is 19.8 Å². The van der Waals surface area contributed by atoms with Crippen LogP contribution in [0.5, 0.6) is 0 Å². The maximum Gasteiger partial charge on any atom is 0.488 e. The molecule has 0 saturated carbocycles. The number of aliphatic carboxylic acids is 1. The predicted octanol–water partition coefficient (Wildman–Crippen LogP) is -0.0506. The van der Waals surface area contributed by atoms with Crippen molar-refractivity contribution in [2.75, 3.05) is 13.1 Å². The van der Waals surface area contributed by atoms with Gasteiger partial charge in [-0.2, -0.15) is 0 Å². The highest BCUT2D eigenvalue weighted by molar-refractivity contribution is 6.58. The molecule has 4 N–H and O–H groups in total. The fourth-order valence-corrected chi connectivity index (χ4v) is 2.89. The fourth-order valence-electron chi connectivity index (χ4n) is 2.89. The molecule has 2 atom stereocenters. The minimum absolute atomic E-state index is 0. The molecular weight excluding hydrogens is 292 g/mol. The quantitative estimate of drug-likeness (QED) is 0.572. The molecule has 0 aliphatic carbocycles. The van der Waals surface area contributed by atoms with Crippen molar-refractivity contribution >= 4 is 31.0 Å². The summed E-state index contributed by atoms with van der Waals surface area (Å²) in [6.07, 6.45) is 1.29. The Morgan fingerprint density at radius 2 is 2.14 bits per heavy atom. The Bertz CT molecular complexity index is 492. The Morgan fingerprint density at radius 1 is 1.43 bits per heavy atom. The van der Waals surface area contributed by atoms with E-state index >= 15 is 0 Å². The van der Waals surface area contributed by atoms with Gasteiger partial charge in [-0.1, -0.05) is 23.8 Å². The predicted molar refractivity (Wildman–Crippen MR) is 84.1 cm³/mol. The van der Waals surface area contributed by atoms with Crippen molar-refractivity contribution in [3.05, 3.63) is 29.3 Å². The van der Waals surface area contributed by atoms with Crippen molar-refractivity contribution < 1.29 is 19.9 Å². The van der Waals surface area contributed by atoms with Crippen LogP contribution in [0.4, 0.5) is 0 Å². The maximum atomic E-state index is 11.5. The molecule has 21 heavy (non-hydrogen) atoms. The van der Waals surface area contributed by atoms with Gasteiger partial charge in [-0.05, 0) is 49.8 Å². The minimum Gasteiger partial charge on any atom is -0.481 e. The number of halogens is 1. The zero-order valence-corrected chi connectivity index (χ0v) is 12.8. The lowest BCUT2D eigenvalue weighted by atomic mass is 9.77. The lowest BCUT2D eigenvalue weighted by Gasteiger charge is -2.19. The number of benzene rings is 1. The third-order valence-corrected chi connectivity index (χ3v) is 3.90. The monoisotopic (exact) mass is 313 g/mol. The number of rotatable bonds is 5. The van der Waals surface area contributed by atoms with Crippen molar-refractivity contribution in [1.82, 2.24) is 5.32 Å². The number of aryl methyl sites for hydroxylation is 1. The van der Waals surface area contributed by atoms with Crippen molar-refractivity contribution in [3.8, 4) is 0 Å². The summed E-state index contributed by atoms with van der Waals surface area (Å²) in [5, 5.41) is 31.1. The van der Waals surface area contributed by atoms with E-state index in [4.69, 9.17) is 0 Å². The summed E-state index contributed by atoms with van der Waals surface area (Å²) >= 11 is 0. The van der Waals surface area contributed by atoms with E-state index in [-0.39, 0.29) is 18.3 Å². The van der Waals surface area contributed by atoms with Gasteiger partial charge in [0.25, 0.3) is 0 Å². The molecule has 7 heteroatoms. The van der Waals surface area contributed by atoms with E-state index in [0.29, 0.717) is 11.9 Å².